The molecule has 0 saturated carbocycles. The Kier molecular flexibility index (Phi) is 10.9. The summed E-state index contributed by atoms with van der Waals surface area (Å²) in [7, 11) is 0. The number of rotatable bonds is 11. The fraction of sp³-hybridized carbons (Fsp3) is 0.333. The predicted molar refractivity (Wildman–Crippen MR) is 161 cm³/mol. The molecule has 1 heterocycles. The van der Waals surface area contributed by atoms with Gasteiger partial charge in [0.2, 0.25) is 0 Å². The van der Waals surface area contributed by atoms with E-state index in [-0.39, 0.29) is 69.1 Å². The van der Waals surface area contributed by atoms with E-state index in [2.05, 4.69) is 15.5 Å². The van der Waals surface area contributed by atoms with Crippen molar-refractivity contribution in [1.82, 2.24) is 10.2 Å². The van der Waals surface area contributed by atoms with Crippen molar-refractivity contribution in [2.75, 3.05) is 50.5 Å². The van der Waals surface area contributed by atoms with E-state index in [0.29, 0.717) is 26.3 Å². The second kappa shape index (κ2) is 14.6. The first-order valence-electron chi connectivity index (χ1n) is 13.5. The Balaban J connectivity index is 1.43. The molecule has 3 aromatic carbocycles. The topological polar surface area (TPSA) is 115 Å². The minimum Gasteiger partial charge on any atom is -0.493 e. The lowest BCUT2D eigenvalue weighted by Crippen LogP contribution is -2.47. The number of nitrogens with zero attached hydrogens (tertiary/aromatic N) is 1. The van der Waals surface area contributed by atoms with Crippen molar-refractivity contribution in [2.24, 2.45) is 0 Å². The molecule has 0 radical (unpaired) electrons. The Morgan fingerprint density at radius 2 is 1.64 bits per heavy atom. The summed E-state index contributed by atoms with van der Waals surface area (Å²) in [4.78, 5) is 28.5. The number of hydrogen-bond acceptors (Lipinski definition) is 7. The normalized spacial score (nSPS) is 15.2. The molecule has 3 aromatic rings. The van der Waals surface area contributed by atoms with Gasteiger partial charge in [-0.25, -0.2) is 4.39 Å². The molecule has 1 aliphatic heterocycles. The number of morpholine rings is 1. The Labute approximate surface area is 254 Å². The molecule has 12 heteroatoms. The molecule has 0 spiro atoms. The van der Waals surface area contributed by atoms with Crippen LogP contribution in [0.25, 0.3) is 0 Å². The van der Waals surface area contributed by atoms with E-state index >= 15 is 0 Å². The van der Waals surface area contributed by atoms with Gasteiger partial charge in [-0.2, -0.15) is 0 Å². The van der Waals surface area contributed by atoms with Crippen LogP contribution in [-0.4, -0.2) is 62.3 Å². The summed E-state index contributed by atoms with van der Waals surface area (Å²) in [5, 5.41) is 5.98. The number of hydrogen-bond donors (Lipinski definition) is 3. The van der Waals surface area contributed by atoms with Gasteiger partial charge in [0.1, 0.15) is 17.3 Å². The summed E-state index contributed by atoms with van der Waals surface area (Å²) in [6.45, 7) is 6.92. The highest BCUT2D eigenvalue weighted by atomic mass is 35.5. The summed E-state index contributed by atoms with van der Waals surface area (Å²) in [6, 6.07) is 12.3. The lowest BCUT2D eigenvalue weighted by atomic mass is 10.1. The summed E-state index contributed by atoms with van der Waals surface area (Å²) < 4.78 is 30.4. The molecule has 1 aliphatic rings. The summed E-state index contributed by atoms with van der Waals surface area (Å²) >= 11 is 12.7. The third kappa shape index (κ3) is 8.04. The lowest BCUT2D eigenvalue weighted by Gasteiger charge is -2.33. The third-order valence-corrected chi connectivity index (χ3v) is 7.18. The van der Waals surface area contributed by atoms with Gasteiger partial charge < -0.3 is 30.6 Å². The van der Waals surface area contributed by atoms with Gasteiger partial charge in [-0.3, -0.25) is 14.5 Å². The second-order valence-electron chi connectivity index (χ2n) is 9.58. The molecule has 224 valence electrons. The van der Waals surface area contributed by atoms with E-state index in [1.54, 1.807) is 26.0 Å². The summed E-state index contributed by atoms with van der Waals surface area (Å²) in [6.07, 6.45) is -0.237. The van der Waals surface area contributed by atoms with Crippen LogP contribution in [0.3, 0.4) is 0 Å². The van der Waals surface area contributed by atoms with E-state index in [4.69, 9.17) is 43.1 Å². The highest BCUT2D eigenvalue weighted by molar-refractivity contribution is 6.35. The molecule has 42 heavy (non-hydrogen) atoms. The van der Waals surface area contributed by atoms with E-state index < -0.39 is 11.8 Å². The number of nitrogens with two attached hydrogens (primary N) is 1. The SMILES string of the molecule is CCOc1cc(NC(=O)c2cc(Cl)c(N)cc2OCC)c(Cl)cc1C(=O)NCC1CN(Cc2ccc(F)cc2)CCO1. The van der Waals surface area contributed by atoms with Gasteiger partial charge in [-0.05, 0) is 43.7 Å². The third-order valence-electron chi connectivity index (χ3n) is 6.54. The Bertz CT molecular complexity index is 1420. The van der Waals surface area contributed by atoms with Crippen LogP contribution >= 0.6 is 23.2 Å². The number of nitrogen functional groups attached to an aromatic ring is 1. The zero-order valence-corrected chi connectivity index (χ0v) is 24.9. The average molecular weight is 620 g/mol. The molecular weight excluding hydrogens is 586 g/mol. The van der Waals surface area contributed by atoms with E-state index in [9.17, 15) is 14.0 Å². The number of carbonyl (C=O) groups is 2. The number of halogens is 3. The molecule has 0 aliphatic carbocycles. The van der Waals surface area contributed by atoms with Crippen molar-refractivity contribution < 1.29 is 28.2 Å². The zero-order chi connectivity index (χ0) is 30.2. The summed E-state index contributed by atoms with van der Waals surface area (Å²) in [5.74, 6) is -0.679. The average Bonchev–Trinajstić information content (AvgIpc) is 2.97. The number of amides is 2. The van der Waals surface area contributed by atoms with Gasteiger partial charge in [0, 0.05) is 38.3 Å². The minimum atomic E-state index is -0.526. The summed E-state index contributed by atoms with van der Waals surface area (Å²) in [5.41, 5.74) is 7.77. The number of anilines is 2. The highest BCUT2D eigenvalue weighted by Crippen LogP contribution is 2.34. The highest BCUT2D eigenvalue weighted by Gasteiger charge is 2.24. The van der Waals surface area contributed by atoms with Crippen LogP contribution in [0.5, 0.6) is 11.5 Å². The molecule has 4 rings (SSSR count). The van der Waals surface area contributed by atoms with Crippen LogP contribution in [0, 0.1) is 5.82 Å². The molecule has 4 N–H and O–H groups in total. The molecule has 1 atom stereocenters. The van der Waals surface area contributed by atoms with Gasteiger partial charge in [0.15, 0.2) is 0 Å². The fourth-order valence-electron chi connectivity index (χ4n) is 4.51. The van der Waals surface area contributed by atoms with E-state index in [1.807, 2.05) is 0 Å². The lowest BCUT2D eigenvalue weighted by molar-refractivity contribution is -0.0292. The maximum Gasteiger partial charge on any atom is 0.259 e. The molecule has 0 aromatic heterocycles. The van der Waals surface area contributed by atoms with Gasteiger partial charge in [-0.1, -0.05) is 35.3 Å². The first-order chi connectivity index (χ1) is 20.2. The predicted octanol–water partition coefficient (Wildman–Crippen LogP) is 5.40. The van der Waals surface area contributed by atoms with Gasteiger partial charge >= 0.3 is 0 Å². The minimum absolute atomic E-state index is 0.135. The maximum atomic E-state index is 13.2. The van der Waals surface area contributed by atoms with Crippen molar-refractivity contribution in [3.63, 3.8) is 0 Å². The maximum absolute atomic E-state index is 13.2. The number of benzene rings is 3. The fourth-order valence-corrected chi connectivity index (χ4v) is 4.88. The Morgan fingerprint density at radius 3 is 2.33 bits per heavy atom. The molecule has 2 amide bonds. The zero-order valence-electron chi connectivity index (χ0n) is 23.3. The van der Waals surface area contributed by atoms with Crippen molar-refractivity contribution in [3.05, 3.63) is 81.1 Å². The molecule has 1 fully saturated rings. The molecule has 1 unspecified atom stereocenters. The van der Waals surface area contributed by atoms with Crippen LogP contribution in [0.4, 0.5) is 15.8 Å². The van der Waals surface area contributed by atoms with Crippen LogP contribution < -0.4 is 25.8 Å². The molecular formula is C30H33Cl2FN4O5. The first kappa shape index (κ1) is 31.4. The Morgan fingerprint density at radius 1 is 1.00 bits per heavy atom. The van der Waals surface area contributed by atoms with Crippen molar-refractivity contribution >= 4 is 46.4 Å². The van der Waals surface area contributed by atoms with E-state index in [0.717, 1.165) is 12.1 Å². The largest absolute Gasteiger partial charge is 0.493 e. The second-order valence-corrected chi connectivity index (χ2v) is 10.4. The molecule has 9 nitrogen and oxygen atoms in total. The quantitative estimate of drug-likeness (QED) is 0.247. The number of nitrogens with one attached hydrogen (secondary N) is 2. The monoisotopic (exact) mass is 618 g/mol. The van der Waals surface area contributed by atoms with Gasteiger partial charge in [-0.15, -0.1) is 0 Å². The van der Waals surface area contributed by atoms with E-state index in [1.165, 1.54) is 36.4 Å². The van der Waals surface area contributed by atoms with Gasteiger partial charge in [0.05, 0.1) is 58.5 Å². The number of carbonyl (C=O) groups excluding carboxylic acids is 2. The molecule has 0 bridgehead atoms. The van der Waals surface area contributed by atoms with Crippen LogP contribution in [0.15, 0.2) is 48.5 Å². The van der Waals surface area contributed by atoms with Crippen LogP contribution in [0.2, 0.25) is 10.0 Å². The van der Waals surface area contributed by atoms with Crippen LogP contribution in [-0.2, 0) is 11.3 Å². The smallest absolute Gasteiger partial charge is 0.259 e. The van der Waals surface area contributed by atoms with Crippen molar-refractivity contribution in [1.29, 1.82) is 0 Å². The number of ether oxygens (including phenoxy) is 3. The van der Waals surface area contributed by atoms with Crippen LogP contribution in [0.1, 0.15) is 40.1 Å². The van der Waals surface area contributed by atoms with Crippen molar-refractivity contribution in [2.45, 2.75) is 26.5 Å². The first-order valence-corrected chi connectivity index (χ1v) is 14.3. The van der Waals surface area contributed by atoms with Crippen molar-refractivity contribution in [3.8, 4) is 11.5 Å². The standard InChI is InChI=1S/C30H33Cl2FN4O5/c1-3-40-27-13-25(34)23(31)11-22(27)30(39)36-26-14-28(41-4-2)21(12-24(26)32)29(38)35-15-20-17-37(9-10-42-20)16-18-5-7-19(33)8-6-18/h5-8,11-14,20H,3-4,9-10,15-17,34H2,1-2H3,(H,35,38)(H,36,39). The Hall–Kier alpha value is -3.57. The van der Waals surface area contributed by atoms with Gasteiger partial charge in [0.25, 0.3) is 11.8 Å². The molecule has 1 saturated heterocycles.